The van der Waals surface area contributed by atoms with Crippen LogP contribution in [-0.2, 0) is 4.79 Å². The number of anilines is 1. The summed E-state index contributed by atoms with van der Waals surface area (Å²) in [6, 6.07) is 13.8. The number of fused-ring (bicyclic) bond motifs is 1. The van der Waals surface area contributed by atoms with Crippen molar-refractivity contribution in [2.45, 2.75) is 0 Å². The molecule has 4 aromatic rings. The van der Waals surface area contributed by atoms with Crippen LogP contribution in [-0.4, -0.2) is 20.5 Å². The zero-order chi connectivity index (χ0) is 17.9. The number of thiophene rings is 1. The molecule has 0 spiro atoms. The molecule has 5 nitrogen and oxygen atoms in total. The van der Waals surface area contributed by atoms with E-state index in [1.54, 1.807) is 53.3 Å². The van der Waals surface area contributed by atoms with E-state index in [-0.39, 0.29) is 11.7 Å². The molecule has 0 atom stereocenters. The summed E-state index contributed by atoms with van der Waals surface area (Å²) in [5, 5.41) is 6.89. The molecule has 3 heterocycles. The maximum absolute atomic E-state index is 13.9. The van der Waals surface area contributed by atoms with E-state index in [9.17, 15) is 9.18 Å². The molecule has 0 radical (unpaired) electrons. The van der Waals surface area contributed by atoms with Crippen molar-refractivity contribution in [2.75, 3.05) is 5.32 Å². The highest BCUT2D eigenvalue weighted by atomic mass is 32.1. The Morgan fingerprint density at radius 1 is 1.12 bits per heavy atom. The maximum atomic E-state index is 13.9. The Bertz CT molecular complexity index is 1120. The molecule has 0 bridgehead atoms. The minimum atomic E-state index is -0.283. The molecule has 7 heteroatoms. The van der Waals surface area contributed by atoms with Crippen molar-refractivity contribution < 1.29 is 9.18 Å². The lowest BCUT2D eigenvalue weighted by Crippen LogP contribution is -2.11. The summed E-state index contributed by atoms with van der Waals surface area (Å²) in [5.74, 6) is -0.00901. The Hall–Kier alpha value is -3.32. The molecule has 0 aliphatic rings. The van der Waals surface area contributed by atoms with Gasteiger partial charge in [0.2, 0.25) is 5.91 Å². The minimum Gasteiger partial charge on any atom is -0.307 e. The van der Waals surface area contributed by atoms with Crippen molar-refractivity contribution in [1.82, 2.24) is 14.6 Å². The second-order valence-corrected chi connectivity index (χ2v) is 6.55. The Labute approximate surface area is 152 Å². The minimum absolute atomic E-state index is 0.261. The molecule has 1 N–H and O–H groups in total. The van der Waals surface area contributed by atoms with Crippen molar-refractivity contribution in [3.05, 3.63) is 77.7 Å². The van der Waals surface area contributed by atoms with Crippen molar-refractivity contribution in [2.24, 2.45) is 0 Å². The summed E-state index contributed by atoms with van der Waals surface area (Å²) < 4.78 is 15.4. The van der Waals surface area contributed by atoms with E-state index < -0.39 is 0 Å². The van der Waals surface area contributed by atoms with Crippen LogP contribution in [0.2, 0.25) is 0 Å². The molecular formula is C19H13FN4OS. The summed E-state index contributed by atoms with van der Waals surface area (Å²) in [4.78, 5) is 18.0. The van der Waals surface area contributed by atoms with Gasteiger partial charge in [0.15, 0.2) is 5.65 Å². The third kappa shape index (κ3) is 3.25. The van der Waals surface area contributed by atoms with Crippen molar-refractivity contribution in [3.63, 3.8) is 0 Å². The number of carbonyl (C=O) groups is 1. The molecule has 128 valence electrons. The zero-order valence-electron chi connectivity index (χ0n) is 13.5. The summed E-state index contributed by atoms with van der Waals surface area (Å²) in [5.41, 5.74) is 1.21. The van der Waals surface area contributed by atoms with Crippen LogP contribution in [0.3, 0.4) is 0 Å². The lowest BCUT2D eigenvalue weighted by molar-refractivity contribution is -0.111. The number of hydrogen-bond acceptors (Lipinski definition) is 4. The van der Waals surface area contributed by atoms with Crippen LogP contribution in [0.15, 0.2) is 67.0 Å². The monoisotopic (exact) mass is 364 g/mol. The van der Waals surface area contributed by atoms with Gasteiger partial charge in [-0.05, 0) is 30.3 Å². The number of amides is 1. The lowest BCUT2D eigenvalue weighted by Gasteiger charge is -2.03. The summed E-state index contributed by atoms with van der Waals surface area (Å²) >= 11 is 1.42. The molecule has 0 fully saturated rings. The van der Waals surface area contributed by atoms with Gasteiger partial charge < -0.3 is 5.32 Å². The summed E-state index contributed by atoms with van der Waals surface area (Å²) in [6.45, 7) is 0. The fourth-order valence-electron chi connectivity index (χ4n) is 2.50. The third-order valence-electron chi connectivity index (χ3n) is 3.71. The van der Waals surface area contributed by atoms with Gasteiger partial charge in [0.1, 0.15) is 11.6 Å². The predicted octanol–water partition coefficient (Wildman–Crippen LogP) is 4.25. The number of nitrogens with zero attached hydrogens (tertiary/aromatic N) is 3. The summed E-state index contributed by atoms with van der Waals surface area (Å²) in [7, 11) is 0. The normalized spacial score (nSPS) is 11.3. The lowest BCUT2D eigenvalue weighted by atomic mass is 10.2. The van der Waals surface area contributed by atoms with Crippen molar-refractivity contribution >= 4 is 34.8 Å². The number of carbonyl (C=O) groups excluding carboxylic acids is 1. The Morgan fingerprint density at radius 2 is 2.00 bits per heavy atom. The summed E-state index contributed by atoms with van der Waals surface area (Å²) in [6.07, 6.45) is 6.36. The number of aromatic nitrogens is 3. The van der Waals surface area contributed by atoms with E-state index in [1.807, 2.05) is 12.1 Å². The molecule has 1 aromatic carbocycles. The highest BCUT2D eigenvalue weighted by molar-refractivity contribution is 7.16. The van der Waals surface area contributed by atoms with E-state index in [2.05, 4.69) is 15.4 Å². The molecule has 0 saturated heterocycles. The smallest absolute Gasteiger partial charge is 0.249 e. The van der Waals surface area contributed by atoms with Crippen LogP contribution >= 0.6 is 11.3 Å². The molecule has 26 heavy (non-hydrogen) atoms. The topological polar surface area (TPSA) is 59.3 Å². The fourth-order valence-corrected chi connectivity index (χ4v) is 3.44. The molecule has 4 rings (SSSR count). The first-order valence-electron chi connectivity index (χ1n) is 7.83. The van der Waals surface area contributed by atoms with Crippen molar-refractivity contribution in [1.29, 1.82) is 0 Å². The number of benzene rings is 1. The standard InChI is InChI=1S/C19H13FN4OS/c20-15-4-2-1-3-14(15)16-7-5-13(26-16)6-8-19(25)23-18-9-11-21-17-10-12-22-24(17)18/h1-12H,(H,23,25)/b8-6+. The van der Waals surface area contributed by atoms with E-state index >= 15 is 0 Å². The number of hydrogen-bond donors (Lipinski definition) is 1. The van der Waals surface area contributed by atoms with Gasteiger partial charge in [-0.1, -0.05) is 18.2 Å². The van der Waals surface area contributed by atoms with Crippen LogP contribution in [0.4, 0.5) is 10.2 Å². The quantitative estimate of drug-likeness (QED) is 0.551. The average molecular weight is 364 g/mol. The van der Waals surface area contributed by atoms with E-state index in [0.29, 0.717) is 17.0 Å². The Balaban J connectivity index is 1.49. The van der Waals surface area contributed by atoms with Gasteiger partial charge >= 0.3 is 0 Å². The SMILES string of the molecule is O=C(/C=C/c1ccc(-c2ccccc2F)s1)Nc1ccnc2ccnn12. The third-order valence-corrected chi connectivity index (χ3v) is 4.79. The van der Waals surface area contributed by atoms with Crippen LogP contribution in [0, 0.1) is 5.82 Å². The van der Waals surface area contributed by atoms with Gasteiger partial charge in [-0.15, -0.1) is 11.3 Å². The second-order valence-electron chi connectivity index (χ2n) is 5.44. The molecule has 3 aromatic heterocycles. The van der Waals surface area contributed by atoms with E-state index in [4.69, 9.17) is 0 Å². The first-order chi connectivity index (χ1) is 12.7. The maximum Gasteiger partial charge on any atom is 0.249 e. The van der Waals surface area contributed by atoms with Crippen LogP contribution in [0.1, 0.15) is 4.88 Å². The number of nitrogens with one attached hydrogen (secondary N) is 1. The van der Waals surface area contributed by atoms with Gasteiger partial charge in [0.25, 0.3) is 0 Å². The molecule has 0 aliphatic carbocycles. The first kappa shape index (κ1) is 16.2. The van der Waals surface area contributed by atoms with Gasteiger partial charge in [-0.25, -0.2) is 9.37 Å². The highest BCUT2D eigenvalue weighted by Crippen LogP contribution is 2.30. The first-order valence-corrected chi connectivity index (χ1v) is 8.65. The molecular weight excluding hydrogens is 351 g/mol. The largest absolute Gasteiger partial charge is 0.307 e. The van der Waals surface area contributed by atoms with Gasteiger partial charge in [0, 0.05) is 33.7 Å². The molecule has 0 unspecified atom stereocenters. The second kappa shape index (κ2) is 6.89. The van der Waals surface area contributed by atoms with Crippen LogP contribution in [0.25, 0.3) is 22.2 Å². The number of rotatable bonds is 4. The molecule has 1 amide bonds. The van der Waals surface area contributed by atoms with E-state index in [1.165, 1.54) is 23.5 Å². The average Bonchev–Trinajstić information content (AvgIpc) is 3.30. The highest BCUT2D eigenvalue weighted by Gasteiger charge is 2.07. The molecule has 0 saturated carbocycles. The Kier molecular flexibility index (Phi) is 4.28. The van der Waals surface area contributed by atoms with E-state index in [0.717, 1.165) is 9.75 Å². The predicted molar refractivity (Wildman–Crippen MR) is 100 cm³/mol. The van der Waals surface area contributed by atoms with Crippen LogP contribution in [0.5, 0.6) is 0 Å². The Morgan fingerprint density at radius 3 is 2.88 bits per heavy atom. The van der Waals surface area contributed by atoms with Gasteiger partial charge in [0.05, 0.1) is 6.20 Å². The van der Waals surface area contributed by atoms with Gasteiger partial charge in [-0.2, -0.15) is 9.61 Å². The molecule has 0 aliphatic heterocycles. The van der Waals surface area contributed by atoms with Gasteiger partial charge in [-0.3, -0.25) is 4.79 Å². The fraction of sp³-hybridized carbons (Fsp3) is 0. The number of halogens is 1. The zero-order valence-corrected chi connectivity index (χ0v) is 14.3. The van der Waals surface area contributed by atoms with Crippen LogP contribution < -0.4 is 5.32 Å². The van der Waals surface area contributed by atoms with Crippen molar-refractivity contribution in [3.8, 4) is 10.4 Å².